The lowest BCUT2D eigenvalue weighted by Gasteiger charge is -2.14. The number of ether oxygens (including phenoxy) is 1. The molecule has 1 aliphatic rings. The van der Waals surface area contributed by atoms with Crippen molar-refractivity contribution in [2.24, 2.45) is 0 Å². The molecule has 1 aliphatic carbocycles. The fourth-order valence-electron chi connectivity index (χ4n) is 4.19. The van der Waals surface area contributed by atoms with E-state index in [0.29, 0.717) is 18.1 Å². The van der Waals surface area contributed by atoms with Gasteiger partial charge < -0.3 is 9.72 Å². The monoisotopic (exact) mass is 448 g/mol. The molecule has 0 unspecified atom stereocenters. The maximum absolute atomic E-state index is 13.7. The van der Waals surface area contributed by atoms with E-state index in [0.717, 1.165) is 53.4 Å². The second-order valence-corrected chi connectivity index (χ2v) is 9.08. The molecule has 164 valence electrons. The van der Waals surface area contributed by atoms with Gasteiger partial charge in [0, 0.05) is 40.8 Å². The van der Waals surface area contributed by atoms with Gasteiger partial charge in [0.25, 0.3) is 5.56 Å². The number of rotatable bonds is 6. The van der Waals surface area contributed by atoms with E-state index in [4.69, 9.17) is 9.72 Å². The maximum Gasteiger partial charge on any atom is 0.263 e. The summed E-state index contributed by atoms with van der Waals surface area (Å²) in [5, 5.41) is 0.725. The summed E-state index contributed by atoms with van der Waals surface area (Å²) >= 11 is 1.63. The van der Waals surface area contributed by atoms with Crippen molar-refractivity contribution >= 4 is 21.6 Å². The third kappa shape index (κ3) is 3.75. The van der Waals surface area contributed by atoms with Gasteiger partial charge in [-0.05, 0) is 49.8 Å². The SMILES string of the molecule is CCCOc1c[nH]c(Cn2c(-c3cccnc3)nc3sc4c(c3c2=O)CCCC4)cc1=O. The first-order valence-electron chi connectivity index (χ1n) is 11.0. The molecule has 4 aromatic rings. The Balaban J connectivity index is 1.65. The van der Waals surface area contributed by atoms with E-state index >= 15 is 0 Å². The molecular formula is C24H24N4O3S. The molecule has 0 amide bonds. The Morgan fingerprint density at radius 2 is 2.12 bits per heavy atom. The van der Waals surface area contributed by atoms with Crippen LogP contribution in [0.1, 0.15) is 42.3 Å². The van der Waals surface area contributed by atoms with Gasteiger partial charge in [0.2, 0.25) is 5.43 Å². The summed E-state index contributed by atoms with van der Waals surface area (Å²) in [6, 6.07) is 5.23. The minimum Gasteiger partial charge on any atom is -0.488 e. The number of hydrogen-bond acceptors (Lipinski definition) is 6. The van der Waals surface area contributed by atoms with E-state index in [1.54, 1.807) is 34.5 Å². The Hall–Kier alpha value is -3.26. The van der Waals surface area contributed by atoms with Crippen molar-refractivity contribution in [2.45, 2.75) is 45.6 Å². The Morgan fingerprint density at radius 1 is 1.25 bits per heavy atom. The molecule has 4 heterocycles. The lowest BCUT2D eigenvalue weighted by Crippen LogP contribution is -2.25. The third-order valence-electron chi connectivity index (χ3n) is 5.72. The summed E-state index contributed by atoms with van der Waals surface area (Å²) in [5.74, 6) is 0.845. The van der Waals surface area contributed by atoms with Crippen molar-refractivity contribution in [3.05, 3.63) is 73.5 Å². The van der Waals surface area contributed by atoms with Gasteiger partial charge in [-0.2, -0.15) is 0 Å². The van der Waals surface area contributed by atoms with Gasteiger partial charge >= 0.3 is 0 Å². The standard InChI is InChI=1S/C24H24N4O3S/c1-2-10-31-19-13-26-16(11-18(19)29)14-28-22(15-6-5-9-25-12-15)27-23-21(24(28)30)17-7-3-4-8-20(17)32-23/h5-6,9,11-13H,2-4,7-8,10,14H2,1H3,(H,26,29). The molecule has 0 saturated heterocycles. The molecule has 0 radical (unpaired) electrons. The summed E-state index contributed by atoms with van der Waals surface area (Å²) in [6.45, 7) is 2.68. The molecular weight excluding hydrogens is 424 g/mol. The van der Waals surface area contributed by atoms with Crippen molar-refractivity contribution in [3.8, 4) is 17.1 Å². The van der Waals surface area contributed by atoms with Gasteiger partial charge in [0.15, 0.2) is 5.75 Å². The summed E-state index contributed by atoms with van der Waals surface area (Å²) in [4.78, 5) is 40.5. The molecule has 32 heavy (non-hydrogen) atoms. The summed E-state index contributed by atoms with van der Waals surface area (Å²) in [7, 11) is 0. The Kier molecular flexibility index (Phi) is 5.61. The van der Waals surface area contributed by atoms with E-state index in [2.05, 4.69) is 9.97 Å². The number of aryl methyl sites for hydroxylation is 2. The van der Waals surface area contributed by atoms with Crippen LogP contribution >= 0.6 is 11.3 Å². The van der Waals surface area contributed by atoms with Crippen LogP contribution in [0.15, 0.2) is 46.4 Å². The van der Waals surface area contributed by atoms with E-state index in [1.165, 1.54) is 10.9 Å². The van der Waals surface area contributed by atoms with Crippen molar-refractivity contribution in [2.75, 3.05) is 6.61 Å². The number of nitrogens with one attached hydrogen (secondary N) is 1. The number of nitrogens with zero attached hydrogens (tertiary/aromatic N) is 3. The maximum atomic E-state index is 13.7. The van der Waals surface area contributed by atoms with Crippen LogP contribution in [0.5, 0.6) is 5.75 Å². The van der Waals surface area contributed by atoms with Crippen molar-refractivity contribution in [1.29, 1.82) is 0 Å². The Bertz CT molecular complexity index is 1390. The zero-order chi connectivity index (χ0) is 22.1. The Morgan fingerprint density at radius 3 is 2.91 bits per heavy atom. The van der Waals surface area contributed by atoms with Crippen LogP contribution in [0, 0.1) is 0 Å². The van der Waals surface area contributed by atoms with Crippen LogP contribution in [0.3, 0.4) is 0 Å². The summed E-state index contributed by atoms with van der Waals surface area (Å²) < 4.78 is 7.14. The van der Waals surface area contributed by atoms with Crippen molar-refractivity contribution < 1.29 is 4.74 Å². The van der Waals surface area contributed by atoms with E-state index in [1.807, 2.05) is 19.1 Å². The van der Waals surface area contributed by atoms with Crippen LogP contribution in [-0.2, 0) is 19.4 Å². The summed E-state index contributed by atoms with van der Waals surface area (Å²) in [5.41, 5.74) is 2.27. The predicted molar refractivity (Wildman–Crippen MR) is 126 cm³/mol. The molecule has 7 nitrogen and oxygen atoms in total. The minimum absolute atomic E-state index is 0.0691. The highest BCUT2D eigenvalue weighted by molar-refractivity contribution is 7.18. The number of thiophene rings is 1. The highest BCUT2D eigenvalue weighted by Crippen LogP contribution is 2.34. The molecule has 0 aliphatic heterocycles. The molecule has 0 aromatic carbocycles. The molecule has 0 spiro atoms. The van der Waals surface area contributed by atoms with Crippen molar-refractivity contribution in [1.82, 2.24) is 19.5 Å². The van der Waals surface area contributed by atoms with E-state index in [9.17, 15) is 9.59 Å². The second-order valence-electron chi connectivity index (χ2n) is 7.99. The van der Waals surface area contributed by atoms with Gasteiger partial charge in [-0.3, -0.25) is 19.1 Å². The highest BCUT2D eigenvalue weighted by atomic mass is 32.1. The van der Waals surface area contributed by atoms with Gasteiger partial charge in [0.1, 0.15) is 10.7 Å². The van der Waals surface area contributed by atoms with Crippen LogP contribution in [0.4, 0.5) is 0 Å². The number of pyridine rings is 2. The first-order valence-corrected chi connectivity index (χ1v) is 11.8. The smallest absolute Gasteiger partial charge is 0.263 e. The second kappa shape index (κ2) is 8.70. The molecule has 8 heteroatoms. The van der Waals surface area contributed by atoms with Gasteiger partial charge in [-0.1, -0.05) is 6.92 Å². The van der Waals surface area contributed by atoms with Gasteiger partial charge in [0.05, 0.1) is 18.5 Å². The van der Waals surface area contributed by atoms with Crippen LogP contribution in [-0.4, -0.2) is 26.1 Å². The normalized spacial score (nSPS) is 13.3. The average Bonchev–Trinajstić information content (AvgIpc) is 3.19. The largest absolute Gasteiger partial charge is 0.488 e. The fourth-order valence-corrected chi connectivity index (χ4v) is 5.44. The van der Waals surface area contributed by atoms with Gasteiger partial charge in [-0.25, -0.2) is 4.98 Å². The van der Waals surface area contributed by atoms with Gasteiger partial charge in [-0.15, -0.1) is 11.3 Å². The molecule has 0 saturated carbocycles. The van der Waals surface area contributed by atoms with Crippen LogP contribution in [0.25, 0.3) is 21.6 Å². The highest BCUT2D eigenvalue weighted by Gasteiger charge is 2.23. The number of aromatic nitrogens is 4. The van der Waals surface area contributed by atoms with Crippen LogP contribution < -0.4 is 15.7 Å². The van der Waals surface area contributed by atoms with E-state index < -0.39 is 0 Å². The topological polar surface area (TPSA) is 89.9 Å². The minimum atomic E-state index is -0.204. The lowest BCUT2D eigenvalue weighted by atomic mass is 9.97. The molecule has 5 rings (SSSR count). The van der Waals surface area contributed by atoms with Crippen molar-refractivity contribution in [3.63, 3.8) is 0 Å². The summed E-state index contributed by atoms with van der Waals surface area (Å²) in [6.07, 6.45) is 9.96. The lowest BCUT2D eigenvalue weighted by molar-refractivity contribution is 0.313. The fraction of sp³-hybridized carbons (Fsp3) is 0.333. The Labute approximate surface area is 188 Å². The molecule has 4 aromatic heterocycles. The predicted octanol–water partition coefficient (Wildman–Crippen LogP) is 3.92. The number of hydrogen-bond donors (Lipinski definition) is 1. The number of fused-ring (bicyclic) bond motifs is 3. The number of aromatic amines is 1. The number of H-pyrrole nitrogens is 1. The average molecular weight is 449 g/mol. The molecule has 0 atom stereocenters. The quantitative estimate of drug-likeness (QED) is 0.483. The van der Waals surface area contributed by atoms with Crippen LogP contribution in [0.2, 0.25) is 0 Å². The first kappa shape index (κ1) is 20.6. The molecule has 1 N–H and O–H groups in total. The third-order valence-corrected chi connectivity index (χ3v) is 6.91. The van der Waals surface area contributed by atoms with E-state index in [-0.39, 0.29) is 23.3 Å². The zero-order valence-corrected chi connectivity index (χ0v) is 18.7. The zero-order valence-electron chi connectivity index (χ0n) is 17.9. The molecule has 0 bridgehead atoms. The molecule has 0 fully saturated rings. The first-order chi connectivity index (χ1) is 15.7.